The number of nitrogens with zero attached hydrogens (tertiary/aromatic N) is 3. The Morgan fingerprint density at radius 2 is 2.00 bits per heavy atom. The van der Waals surface area contributed by atoms with E-state index in [4.69, 9.17) is 21.1 Å². The molecule has 1 amide bonds. The second-order valence-electron chi connectivity index (χ2n) is 5.92. The highest BCUT2D eigenvalue weighted by Gasteiger charge is 2.16. The summed E-state index contributed by atoms with van der Waals surface area (Å²) in [6, 6.07) is 7.36. The van der Waals surface area contributed by atoms with Gasteiger partial charge in [-0.15, -0.1) is 0 Å². The van der Waals surface area contributed by atoms with E-state index in [0.29, 0.717) is 27.5 Å². The molecule has 2 rings (SSSR count). The first-order valence-electron chi connectivity index (χ1n) is 8.04. The minimum absolute atomic E-state index is 0.0937. The Morgan fingerprint density at radius 1 is 1.26 bits per heavy atom. The molecule has 0 saturated heterocycles. The predicted molar refractivity (Wildman–Crippen MR) is 111 cm³/mol. The molecule has 0 bridgehead atoms. The first-order valence-corrected chi connectivity index (χ1v) is 9.21. The summed E-state index contributed by atoms with van der Waals surface area (Å²) in [7, 11) is 5.29. The van der Waals surface area contributed by atoms with Gasteiger partial charge in [-0.25, -0.2) is 4.98 Å². The van der Waals surface area contributed by atoms with Crippen molar-refractivity contribution in [2.75, 3.05) is 32.9 Å². The van der Waals surface area contributed by atoms with E-state index in [9.17, 15) is 4.79 Å². The molecule has 0 aliphatic heterocycles. The summed E-state index contributed by atoms with van der Waals surface area (Å²) in [6.07, 6.45) is 4.12. The third-order valence-corrected chi connectivity index (χ3v) is 4.40. The van der Waals surface area contributed by atoms with Crippen molar-refractivity contribution in [1.82, 2.24) is 9.88 Å². The lowest BCUT2D eigenvalue weighted by atomic mass is 10.0. The maximum Gasteiger partial charge on any atom is 0.218 e. The monoisotopic (exact) mass is 453 g/mol. The van der Waals surface area contributed by atoms with Crippen LogP contribution in [0, 0.1) is 6.92 Å². The van der Waals surface area contributed by atoms with Crippen LogP contribution in [-0.2, 0) is 9.53 Å². The van der Waals surface area contributed by atoms with Crippen LogP contribution in [0.5, 0.6) is 5.75 Å². The Kier molecular flexibility index (Phi) is 7.65. The van der Waals surface area contributed by atoms with Crippen molar-refractivity contribution in [3.63, 3.8) is 0 Å². The van der Waals surface area contributed by atoms with Crippen LogP contribution in [0.25, 0.3) is 11.1 Å². The average Bonchev–Trinajstić information content (AvgIpc) is 2.61. The molecule has 0 aliphatic carbocycles. The molecule has 0 N–H and O–H groups in total. The van der Waals surface area contributed by atoms with Gasteiger partial charge in [0.1, 0.15) is 4.60 Å². The van der Waals surface area contributed by atoms with E-state index in [1.807, 2.05) is 38.1 Å². The normalized spacial score (nSPS) is 10.9. The average molecular weight is 455 g/mol. The molecule has 1 heterocycles. The highest BCUT2D eigenvalue weighted by Crippen LogP contribution is 2.39. The summed E-state index contributed by atoms with van der Waals surface area (Å²) in [5, 5.41) is 0.436. The molecule has 8 heteroatoms. The van der Waals surface area contributed by atoms with E-state index in [1.165, 1.54) is 4.90 Å². The summed E-state index contributed by atoms with van der Waals surface area (Å²) in [6.45, 7) is 1.99. The van der Waals surface area contributed by atoms with Crippen LogP contribution in [0.1, 0.15) is 5.69 Å². The van der Waals surface area contributed by atoms with E-state index in [1.54, 1.807) is 31.6 Å². The van der Waals surface area contributed by atoms with Gasteiger partial charge in [-0.3, -0.25) is 9.69 Å². The number of aryl methyl sites for hydroxylation is 1. The van der Waals surface area contributed by atoms with Crippen molar-refractivity contribution >= 4 is 39.6 Å². The van der Waals surface area contributed by atoms with Crippen molar-refractivity contribution in [3.05, 3.63) is 52.0 Å². The van der Waals surface area contributed by atoms with Gasteiger partial charge < -0.3 is 14.4 Å². The van der Waals surface area contributed by atoms with Crippen molar-refractivity contribution in [3.8, 4) is 16.9 Å². The number of hydrogen-bond acceptors (Lipinski definition) is 5. The quantitative estimate of drug-likeness (QED) is 0.335. The molecule has 0 aliphatic rings. The summed E-state index contributed by atoms with van der Waals surface area (Å²) in [5.74, 6) is 0.561. The van der Waals surface area contributed by atoms with E-state index < -0.39 is 0 Å². The second kappa shape index (κ2) is 9.73. The number of pyridine rings is 1. The van der Waals surface area contributed by atoms with Crippen LogP contribution in [0.2, 0.25) is 5.02 Å². The van der Waals surface area contributed by atoms with Crippen LogP contribution >= 0.6 is 27.5 Å². The molecule has 0 radical (unpaired) electrons. The first-order chi connectivity index (χ1) is 12.9. The van der Waals surface area contributed by atoms with E-state index >= 15 is 0 Å². The molecular weight excluding hydrogens is 434 g/mol. The van der Waals surface area contributed by atoms with Crippen LogP contribution in [0.3, 0.4) is 0 Å². The van der Waals surface area contributed by atoms with Gasteiger partial charge in [0.2, 0.25) is 6.41 Å². The molecule has 0 unspecified atom stereocenters. The number of hydrogen-bond donors (Lipinski definition) is 0. The molecule has 0 atom stereocenters. The Morgan fingerprint density at radius 3 is 2.59 bits per heavy atom. The molecule has 144 valence electrons. The lowest BCUT2D eigenvalue weighted by molar-refractivity contribution is -0.106. The number of ether oxygens (including phenoxy) is 2. The van der Waals surface area contributed by atoms with Crippen LogP contribution in [0.15, 0.2) is 41.3 Å². The standard InChI is InChI=1S/C19H21BrClN3O3/c1-13-9-15(18(19(20)22-13)27-12-26-4)14-5-6-17(16(21)10-14)24(11-25)8-7-23(2)3/h5-11H,12H2,1-4H3/b8-7-. The number of anilines is 1. The smallest absolute Gasteiger partial charge is 0.218 e. The molecule has 2 aromatic rings. The van der Waals surface area contributed by atoms with Crippen molar-refractivity contribution < 1.29 is 14.3 Å². The molecule has 1 aromatic heterocycles. The number of halogens is 2. The number of benzene rings is 1. The summed E-state index contributed by atoms with van der Waals surface area (Å²) in [4.78, 5) is 19.1. The lowest BCUT2D eigenvalue weighted by Gasteiger charge is -2.18. The molecule has 1 aromatic carbocycles. The van der Waals surface area contributed by atoms with Gasteiger partial charge in [0.25, 0.3) is 0 Å². The fourth-order valence-electron chi connectivity index (χ4n) is 2.35. The van der Waals surface area contributed by atoms with Gasteiger partial charge in [0, 0.05) is 44.9 Å². The molecular formula is C19H21BrClN3O3. The maximum absolute atomic E-state index is 11.4. The van der Waals surface area contributed by atoms with Crippen LogP contribution < -0.4 is 9.64 Å². The van der Waals surface area contributed by atoms with Crippen molar-refractivity contribution in [2.24, 2.45) is 0 Å². The highest BCUT2D eigenvalue weighted by molar-refractivity contribution is 9.10. The first kappa shape index (κ1) is 21.2. The van der Waals surface area contributed by atoms with Crippen LogP contribution in [0.4, 0.5) is 5.69 Å². The fourth-order valence-corrected chi connectivity index (χ4v) is 3.24. The Bertz CT molecular complexity index is 843. The predicted octanol–water partition coefficient (Wildman–Crippen LogP) is 4.45. The molecule has 27 heavy (non-hydrogen) atoms. The highest BCUT2D eigenvalue weighted by atomic mass is 79.9. The van der Waals surface area contributed by atoms with Crippen molar-refractivity contribution in [2.45, 2.75) is 6.92 Å². The molecule has 0 saturated carbocycles. The van der Waals surface area contributed by atoms with Gasteiger partial charge in [-0.05, 0) is 46.6 Å². The number of aromatic nitrogens is 1. The Labute approximate surface area is 172 Å². The van der Waals surface area contributed by atoms with E-state index in [2.05, 4.69) is 20.9 Å². The minimum atomic E-state index is 0.0937. The summed E-state index contributed by atoms with van der Waals surface area (Å²) >= 11 is 9.90. The number of carbonyl (C=O) groups excluding carboxylic acids is 1. The zero-order valence-corrected chi connectivity index (χ0v) is 17.9. The number of methoxy groups -OCH3 is 1. The topological polar surface area (TPSA) is 54.9 Å². The Hall–Kier alpha value is -2.09. The third-order valence-electron chi connectivity index (χ3n) is 3.56. The third kappa shape index (κ3) is 5.45. The lowest BCUT2D eigenvalue weighted by Crippen LogP contribution is -2.15. The second-order valence-corrected chi connectivity index (χ2v) is 7.08. The molecule has 0 fully saturated rings. The van der Waals surface area contributed by atoms with E-state index in [-0.39, 0.29) is 6.79 Å². The number of carbonyl (C=O) groups is 1. The molecule has 6 nitrogen and oxygen atoms in total. The molecule has 0 spiro atoms. The van der Waals surface area contributed by atoms with E-state index in [0.717, 1.165) is 16.8 Å². The number of rotatable bonds is 8. The van der Waals surface area contributed by atoms with Gasteiger partial charge >= 0.3 is 0 Å². The van der Waals surface area contributed by atoms with Gasteiger partial charge in [-0.2, -0.15) is 0 Å². The fraction of sp³-hybridized carbons (Fsp3) is 0.263. The zero-order valence-electron chi connectivity index (χ0n) is 15.6. The minimum Gasteiger partial charge on any atom is -0.464 e. The SMILES string of the molecule is COCOc1c(-c2ccc(N(C=O)/C=C\N(C)C)c(Cl)c2)cc(C)nc1Br. The van der Waals surface area contributed by atoms with Gasteiger partial charge in [0.15, 0.2) is 12.5 Å². The largest absolute Gasteiger partial charge is 0.464 e. The summed E-state index contributed by atoms with van der Waals surface area (Å²) in [5.41, 5.74) is 3.06. The maximum atomic E-state index is 11.4. The number of amides is 1. The van der Waals surface area contributed by atoms with Gasteiger partial charge in [0.05, 0.1) is 10.7 Å². The summed E-state index contributed by atoms with van der Waals surface area (Å²) < 4.78 is 11.3. The van der Waals surface area contributed by atoms with Crippen LogP contribution in [-0.4, -0.2) is 44.3 Å². The zero-order chi connectivity index (χ0) is 20.0. The van der Waals surface area contributed by atoms with Gasteiger partial charge in [-0.1, -0.05) is 17.7 Å². The van der Waals surface area contributed by atoms with Crippen molar-refractivity contribution in [1.29, 1.82) is 0 Å². The Balaban J connectivity index is 2.47.